The lowest BCUT2D eigenvalue weighted by molar-refractivity contribution is -0.384. The van der Waals surface area contributed by atoms with Gasteiger partial charge in [0.05, 0.1) is 28.9 Å². The van der Waals surface area contributed by atoms with Gasteiger partial charge in [0.25, 0.3) is 5.69 Å². The van der Waals surface area contributed by atoms with Gasteiger partial charge in [-0.15, -0.1) is 0 Å². The molecule has 0 saturated carbocycles. The Labute approximate surface area is 172 Å². The van der Waals surface area contributed by atoms with Gasteiger partial charge >= 0.3 is 5.97 Å². The number of aryl methyl sites for hydroxylation is 2. The van der Waals surface area contributed by atoms with Crippen LogP contribution >= 0.6 is 0 Å². The van der Waals surface area contributed by atoms with E-state index in [-0.39, 0.29) is 18.9 Å². The standard InChI is InChI=1S/C21H20N2O7/c1-13-18(14(2)30-22-13)12-28-19-9-6-16(10-20(19)27-3)21(24)29-11-15-4-7-17(8-5-15)23(25)26/h4-10H,11-12H2,1-3H3. The van der Waals surface area contributed by atoms with Crippen LogP contribution in [0.1, 0.15) is 32.9 Å². The van der Waals surface area contributed by atoms with E-state index in [1.54, 1.807) is 19.1 Å². The molecule has 0 aliphatic heterocycles. The van der Waals surface area contributed by atoms with Gasteiger partial charge in [-0.2, -0.15) is 0 Å². The van der Waals surface area contributed by atoms with E-state index >= 15 is 0 Å². The third-order valence-electron chi connectivity index (χ3n) is 4.47. The monoisotopic (exact) mass is 412 g/mol. The van der Waals surface area contributed by atoms with E-state index < -0.39 is 10.9 Å². The minimum atomic E-state index is -0.552. The van der Waals surface area contributed by atoms with Gasteiger partial charge in [-0.05, 0) is 49.7 Å². The summed E-state index contributed by atoms with van der Waals surface area (Å²) < 4.78 is 21.5. The molecule has 9 heteroatoms. The van der Waals surface area contributed by atoms with Gasteiger partial charge in [0.2, 0.25) is 0 Å². The fraction of sp³-hybridized carbons (Fsp3) is 0.238. The van der Waals surface area contributed by atoms with Gasteiger partial charge in [-0.25, -0.2) is 4.79 Å². The van der Waals surface area contributed by atoms with Crippen molar-refractivity contribution in [1.29, 1.82) is 0 Å². The Bertz CT molecular complexity index is 1040. The van der Waals surface area contributed by atoms with Crippen LogP contribution in [0.2, 0.25) is 0 Å². The summed E-state index contributed by atoms with van der Waals surface area (Å²) in [5.74, 6) is 0.970. The SMILES string of the molecule is COc1cc(C(=O)OCc2ccc([N+](=O)[O-])cc2)ccc1OCc1c(C)noc1C. The van der Waals surface area contributed by atoms with Gasteiger partial charge in [0.1, 0.15) is 19.0 Å². The van der Waals surface area contributed by atoms with Crippen LogP contribution in [-0.4, -0.2) is 23.2 Å². The lowest BCUT2D eigenvalue weighted by Crippen LogP contribution is -2.06. The summed E-state index contributed by atoms with van der Waals surface area (Å²) in [5, 5.41) is 14.6. The quantitative estimate of drug-likeness (QED) is 0.308. The molecule has 0 radical (unpaired) electrons. The van der Waals surface area contributed by atoms with E-state index in [0.29, 0.717) is 28.4 Å². The molecule has 30 heavy (non-hydrogen) atoms. The van der Waals surface area contributed by atoms with E-state index in [1.165, 1.54) is 37.4 Å². The predicted molar refractivity (Wildman–Crippen MR) is 106 cm³/mol. The van der Waals surface area contributed by atoms with Crippen LogP contribution in [0.5, 0.6) is 11.5 Å². The third kappa shape index (κ3) is 4.75. The molecule has 2 aromatic carbocycles. The summed E-state index contributed by atoms with van der Waals surface area (Å²) in [7, 11) is 1.48. The van der Waals surface area contributed by atoms with Crippen molar-refractivity contribution in [2.45, 2.75) is 27.1 Å². The number of aromatic nitrogens is 1. The maximum atomic E-state index is 12.4. The molecule has 0 amide bonds. The van der Waals surface area contributed by atoms with Gasteiger partial charge in [-0.1, -0.05) is 5.16 Å². The topological polar surface area (TPSA) is 114 Å². The van der Waals surface area contributed by atoms with E-state index in [0.717, 1.165) is 11.3 Å². The number of ether oxygens (including phenoxy) is 3. The highest BCUT2D eigenvalue weighted by Crippen LogP contribution is 2.30. The second kappa shape index (κ2) is 9.08. The number of nitro groups is 1. The van der Waals surface area contributed by atoms with Gasteiger partial charge in [0.15, 0.2) is 11.5 Å². The maximum absolute atomic E-state index is 12.4. The average molecular weight is 412 g/mol. The van der Waals surface area contributed by atoms with E-state index in [9.17, 15) is 14.9 Å². The predicted octanol–water partition coefficient (Wildman–Crippen LogP) is 4.14. The van der Waals surface area contributed by atoms with Crippen molar-refractivity contribution < 1.29 is 28.5 Å². The Balaban J connectivity index is 1.64. The number of carbonyl (C=O) groups is 1. The fourth-order valence-electron chi connectivity index (χ4n) is 2.72. The minimum absolute atomic E-state index is 0.0105. The number of hydrogen-bond acceptors (Lipinski definition) is 8. The van der Waals surface area contributed by atoms with Crippen molar-refractivity contribution in [1.82, 2.24) is 5.16 Å². The molecule has 0 aliphatic rings. The van der Waals surface area contributed by atoms with Crippen LogP contribution in [0, 0.1) is 24.0 Å². The minimum Gasteiger partial charge on any atom is -0.493 e. The number of methoxy groups -OCH3 is 1. The van der Waals surface area contributed by atoms with Crippen molar-refractivity contribution in [3.8, 4) is 11.5 Å². The highest BCUT2D eigenvalue weighted by Gasteiger charge is 2.15. The van der Waals surface area contributed by atoms with Gasteiger partial charge in [-0.3, -0.25) is 10.1 Å². The molecule has 0 N–H and O–H groups in total. The number of hydrogen-bond donors (Lipinski definition) is 0. The number of esters is 1. The van der Waals surface area contributed by atoms with Crippen LogP contribution in [0.15, 0.2) is 47.0 Å². The second-order valence-electron chi connectivity index (χ2n) is 6.46. The summed E-state index contributed by atoms with van der Waals surface area (Å²) in [6.07, 6.45) is 0. The zero-order valence-corrected chi connectivity index (χ0v) is 16.7. The van der Waals surface area contributed by atoms with Crippen molar-refractivity contribution in [2.24, 2.45) is 0 Å². The van der Waals surface area contributed by atoms with Crippen molar-refractivity contribution in [2.75, 3.05) is 7.11 Å². The van der Waals surface area contributed by atoms with Crippen LogP contribution in [0.25, 0.3) is 0 Å². The molecular formula is C21H20N2O7. The number of non-ortho nitro benzene ring substituents is 1. The molecule has 9 nitrogen and oxygen atoms in total. The maximum Gasteiger partial charge on any atom is 0.338 e. The van der Waals surface area contributed by atoms with Gasteiger partial charge in [0, 0.05) is 12.1 Å². The van der Waals surface area contributed by atoms with Crippen molar-refractivity contribution >= 4 is 11.7 Å². The Morgan fingerprint density at radius 2 is 1.83 bits per heavy atom. The van der Waals surface area contributed by atoms with Crippen molar-refractivity contribution in [3.05, 3.63) is 80.7 Å². The summed E-state index contributed by atoms with van der Waals surface area (Å²) in [6.45, 7) is 3.88. The lowest BCUT2D eigenvalue weighted by atomic mass is 10.2. The highest BCUT2D eigenvalue weighted by molar-refractivity contribution is 5.90. The first-order valence-corrected chi connectivity index (χ1v) is 9.02. The zero-order chi connectivity index (χ0) is 21.7. The average Bonchev–Trinajstić information content (AvgIpc) is 3.07. The van der Waals surface area contributed by atoms with Crippen LogP contribution in [-0.2, 0) is 18.0 Å². The fourth-order valence-corrected chi connectivity index (χ4v) is 2.72. The highest BCUT2D eigenvalue weighted by atomic mass is 16.6. The molecular weight excluding hydrogens is 392 g/mol. The third-order valence-corrected chi connectivity index (χ3v) is 4.47. The Morgan fingerprint density at radius 3 is 2.43 bits per heavy atom. The molecule has 1 aromatic heterocycles. The molecule has 0 fully saturated rings. The second-order valence-corrected chi connectivity index (χ2v) is 6.46. The molecule has 1 heterocycles. The molecule has 0 bridgehead atoms. The van der Waals surface area contributed by atoms with E-state index in [1.807, 2.05) is 6.92 Å². The van der Waals surface area contributed by atoms with Crippen LogP contribution in [0.4, 0.5) is 5.69 Å². The van der Waals surface area contributed by atoms with Crippen LogP contribution in [0.3, 0.4) is 0 Å². The number of carbonyl (C=O) groups excluding carboxylic acids is 1. The number of benzene rings is 2. The Kier molecular flexibility index (Phi) is 6.31. The normalized spacial score (nSPS) is 10.5. The molecule has 0 spiro atoms. The lowest BCUT2D eigenvalue weighted by Gasteiger charge is -2.12. The number of nitrogens with zero attached hydrogens (tertiary/aromatic N) is 2. The number of nitro benzene ring substituents is 1. The largest absolute Gasteiger partial charge is 0.493 e. The molecule has 0 atom stereocenters. The summed E-state index contributed by atoms with van der Waals surface area (Å²) in [4.78, 5) is 22.6. The first kappa shape index (κ1) is 20.8. The molecule has 3 rings (SSSR count). The molecule has 0 saturated heterocycles. The van der Waals surface area contributed by atoms with E-state index in [2.05, 4.69) is 5.16 Å². The summed E-state index contributed by atoms with van der Waals surface area (Å²) in [5.41, 5.74) is 2.50. The summed E-state index contributed by atoms with van der Waals surface area (Å²) >= 11 is 0. The Hall–Kier alpha value is -3.88. The molecule has 0 unspecified atom stereocenters. The van der Waals surface area contributed by atoms with E-state index in [4.69, 9.17) is 18.7 Å². The number of rotatable bonds is 8. The smallest absolute Gasteiger partial charge is 0.338 e. The zero-order valence-electron chi connectivity index (χ0n) is 16.7. The first-order valence-electron chi connectivity index (χ1n) is 9.02. The first-order chi connectivity index (χ1) is 14.4. The summed E-state index contributed by atoms with van der Waals surface area (Å²) in [6, 6.07) is 10.5. The Morgan fingerprint density at radius 1 is 1.10 bits per heavy atom. The molecule has 0 aliphatic carbocycles. The van der Waals surface area contributed by atoms with Gasteiger partial charge < -0.3 is 18.7 Å². The molecule has 156 valence electrons. The van der Waals surface area contributed by atoms with Crippen LogP contribution < -0.4 is 9.47 Å². The van der Waals surface area contributed by atoms with Crippen molar-refractivity contribution in [3.63, 3.8) is 0 Å². The molecule has 3 aromatic rings.